The van der Waals surface area contributed by atoms with Gasteiger partial charge >= 0.3 is 0 Å². The van der Waals surface area contributed by atoms with Crippen LogP contribution in [-0.4, -0.2) is 30.3 Å². The van der Waals surface area contributed by atoms with Crippen LogP contribution < -0.4 is 0 Å². The number of nitrogens with zero attached hydrogens (tertiary/aromatic N) is 5. The van der Waals surface area contributed by atoms with Crippen LogP contribution in [0.5, 0.6) is 0 Å². The number of aromatic nitrogens is 5. The van der Waals surface area contributed by atoms with E-state index in [0.29, 0.717) is 22.8 Å². The van der Waals surface area contributed by atoms with E-state index in [-0.39, 0.29) is 6.54 Å². The molecular weight excluding hydrogens is 302 g/mol. The summed E-state index contributed by atoms with van der Waals surface area (Å²) < 4.78 is 1.57. The molecule has 1 aromatic carbocycles. The molecule has 0 spiro atoms. The van der Waals surface area contributed by atoms with Gasteiger partial charge in [-0.3, -0.25) is 4.98 Å². The van der Waals surface area contributed by atoms with E-state index in [2.05, 4.69) is 20.5 Å². The Bertz CT molecular complexity index is 746. The van der Waals surface area contributed by atoms with Crippen molar-refractivity contribution in [3.8, 4) is 0 Å². The Balaban J connectivity index is 1.76. The fourth-order valence-corrected chi connectivity index (χ4v) is 2.43. The van der Waals surface area contributed by atoms with E-state index in [9.17, 15) is 5.11 Å². The lowest BCUT2D eigenvalue weighted by atomic mass is 10.1. The van der Waals surface area contributed by atoms with Crippen LogP contribution in [0.25, 0.3) is 0 Å². The number of halogens is 1. The number of pyridine rings is 1. The summed E-state index contributed by atoms with van der Waals surface area (Å²) in [6.07, 6.45) is 1.45. The molecule has 2 aromatic heterocycles. The standard InChI is InChI=1S/C15H14ClN5O/c16-13-7-2-1-6-12(13)14(22)10-21-15(18-19-20-21)9-11-5-3-4-8-17-11/h1-8,14,22H,9-10H2. The van der Waals surface area contributed by atoms with E-state index in [1.54, 1.807) is 23.0 Å². The first kappa shape index (κ1) is 14.6. The first-order chi connectivity index (χ1) is 10.7. The van der Waals surface area contributed by atoms with Gasteiger partial charge in [0.2, 0.25) is 0 Å². The SMILES string of the molecule is OC(Cn1nnnc1Cc1ccccn1)c1ccccc1Cl. The highest BCUT2D eigenvalue weighted by molar-refractivity contribution is 6.31. The summed E-state index contributed by atoms with van der Waals surface area (Å²) in [5.74, 6) is 0.643. The lowest BCUT2D eigenvalue weighted by molar-refractivity contribution is 0.149. The summed E-state index contributed by atoms with van der Waals surface area (Å²) in [5, 5.41) is 22.5. The quantitative estimate of drug-likeness (QED) is 0.779. The minimum atomic E-state index is -0.778. The van der Waals surface area contributed by atoms with Crippen LogP contribution in [0.4, 0.5) is 0 Å². The summed E-state index contributed by atoms with van der Waals surface area (Å²) in [7, 11) is 0. The van der Waals surface area contributed by atoms with Gasteiger partial charge in [-0.15, -0.1) is 5.10 Å². The average molecular weight is 316 g/mol. The number of rotatable bonds is 5. The average Bonchev–Trinajstić information content (AvgIpc) is 2.95. The molecule has 0 aliphatic heterocycles. The third kappa shape index (κ3) is 3.29. The lowest BCUT2D eigenvalue weighted by Gasteiger charge is -2.13. The van der Waals surface area contributed by atoms with Gasteiger partial charge < -0.3 is 5.11 Å². The number of aliphatic hydroxyl groups is 1. The van der Waals surface area contributed by atoms with Crippen LogP contribution in [0.2, 0.25) is 5.02 Å². The smallest absolute Gasteiger partial charge is 0.157 e. The molecule has 6 nitrogen and oxygen atoms in total. The highest BCUT2D eigenvalue weighted by atomic mass is 35.5. The van der Waals surface area contributed by atoms with Crippen molar-refractivity contribution in [2.24, 2.45) is 0 Å². The molecule has 1 atom stereocenters. The number of tetrazole rings is 1. The maximum Gasteiger partial charge on any atom is 0.157 e. The fraction of sp³-hybridized carbons (Fsp3) is 0.200. The van der Waals surface area contributed by atoms with E-state index in [0.717, 1.165) is 5.69 Å². The highest BCUT2D eigenvalue weighted by Crippen LogP contribution is 2.23. The Labute approximate surface area is 132 Å². The van der Waals surface area contributed by atoms with Crippen LogP contribution in [0, 0.1) is 0 Å². The molecule has 0 amide bonds. The molecule has 112 valence electrons. The largest absolute Gasteiger partial charge is 0.386 e. The second-order valence-corrected chi connectivity index (χ2v) is 5.22. The van der Waals surface area contributed by atoms with Crippen LogP contribution in [0.15, 0.2) is 48.7 Å². The summed E-state index contributed by atoms with van der Waals surface area (Å²) in [4.78, 5) is 4.25. The minimum absolute atomic E-state index is 0.235. The number of hydrogen-bond acceptors (Lipinski definition) is 5. The molecular formula is C15H14ClN5O. The van der Waals surface area contributed by atoms with Gasteiger partial charge in [-0.25, -0.2) is 4.68 Å². The maximum atomic E-state index is 10.3. The molecule has 0 aliphatic rings. The Kier molecular flexibility index (Phi) is 4.41. The van der Waals surface area contributed by atoms with Gasteiger partial charge in [0, 0.05) is 22.5 Å². The van der Waals surface area contributed by atoms with Gasteiger partial charge in [0.1, 0.15) is 6.10 Å². The zero-order chi connectivity index (χ0) is 15.4. The third-order valence-electron chi connectivity index (χ3n) is 3.28. The Hall–Kier alpha value is -2.31. The molecule has 0 saturated carbocycles. The molecule has 22 heavy (non-hydrogen) atoms. The van der Waals surface area contributed by atoms with Crippen molar-refractivity contribution in [2.75, 3.05) is 0 Å². The number of hydrogen-bond donors (Lipinski definition) is 1. The highest BCUT2D eigenvalue weighted by Gasteiger charge is 2.15. The van der Waals surface area contributed by atoms with Crippen LogP contribution in [0.3, 0.4) is 0 Å². The number of aliphatic hydroxyl groups excluding tert-OH is 1. The zero-order valence-electron chi connectivity index (χ0n) is 11.7. The van der Waals surface area contributed by atoms with Crippen molar-refractivity contribution in [1.82, 2.24) is 25.2 Å². The topological polar surface area (TPSA) is 76.7 Å². The van der Waals surface area contributed by atoms with Crippen molar-refractivity contribution < 1.29 is 5.11 Å². The molecule has 7 heteroatoms. The predicted octanol–water partition coefficient (Wildman–Crippen LogP) is 2.05. The van der Waals surface area contributed by atoms with Gasteiger partial charge in [0.15, 0.2) is 5.82 Å². The maximum absolute atomic E-state index is 10.3. The molecule has 1 unspecified atom stereocenters. The first-order valence-electron chi connectivity index (χ1n) is 6.81. The monoisotopic (exact) mass is 315 g/mol. The Morgan fingerprint density at radius 2 is 1.95 bits per heavy atom. The summed E-state index contributed by atoms with van der Waals surface area (Å²) in [6.45, 7) is 0.235. The van der Waals surface area contributed by atoms with Gasteiger partial charge in [0.05, 0.1) is 13.0 Å². The van der Waals surface area contributed by atoms with Crippen molar-refractivity contribution >= 4 is 11.6 Å². The van der Waals surface area contributed by atoms with Gasteiger partial charge in [-0.05, 0) is 28.6 Å². The molecule has 2 heterocycles. The summed E-state index contributed by atoms with van der Waals surface area (Å²) in [5.41, 5.74) is 1.52. The minimum Gasteiger partial charge on any atom is -0.386 e. The Morgan fingerprint density at radius 1 is 1.14 bits per heavy atom. The second-order valence-electron chi connectivity index (χ2n) is 4.81. The fourth-order valence-electron chi connectivity index (χ4n) is 2.16. The normalized spacial score (nSPS) is 12.3. The van der Waals surface area contributed by atoms with Crippen LogP contribution >= 0.6 is 11.6 Å². The Morgan fingerprint density at radius 3 is 2.73 bits per heavy atom. The third-order valence-corrected chi connectivity index (χ3v) is 3.63. The molecule has 1 N–H and O–H groups in total. The van der Waals surface area contributed by atoms with Crippen molar-refractivity contribution in [2.45, 2.75) is 19.1 Å². The number of benzene rings is 1. The van der Waals surface area contributed by atoms with Gasteiger partial charge in [-0.1, -0.05) is 35.9 Å². The van der Waals surface area contributed by atoms with Crippen LogP contribution in [0.1, 0.15) is 23.2 Å². The van der Waals surface area contributed by atoms with E-state index < -0.39 is 6.10 Å². The van der Waals surface area contributed by atoms with Crippen molar-refractivity contribution in [3.63, 3.8) is 0 Å². The first-order valence-corrected chi connectivity index (χ1v) is 7.19. The molecule has 3 aromatic rings. The van der Waals surface area contributed by atoms with Crippen molar-refractivity contribution in [1.29, 1.82) is 0 Å². The van der Waals surface area contributed by atoms with E-state index in [1.807, 2.05) is 30.3 Å². The van der Waals surface area contributed by atoms with E-state index in [1.165, 1.54) is 0 Å². The molecule has 0 saturated heterocycles. The lowest BCUT2D eigenvalue weighted by Crippen LogP contribution is -2.14. The summed E-state index contributed by atoms with van der Waals surface area (Å²) in [6, 6.07) is 12.9. The second kappa shape index (κ2) is 6.64. The van der Waals surface area contributed by atoms with Crippen molar-refractivity contribution in [3.05, 3.63) is 70.8 Å². The van der Waals surface area contributed by atoms with Crippen LogP contribution in [-0.2, 0) is 13.0 Å². The molecule has 0 radical (unpaired) electrons. The molecule has 3 rings (SSSR count). The molecule has 0 bridgehead atoms. The molecule has 0 aliphatic carbocycles. The molecule has 0 fully saturated rings. The van der Waals surface area contributed by atoms with E-state index in [4.69, 9.17) is 11.6 Å². The van der Waals surface area contributed by atoms with Gasteiger partial charge in [-0.2, -0.15) is 0 Å². The van der Waals surface area contributed by atoms with E-state index >= 15 is 0 Å². The van der Waals surface area contributed by atoms with Gasteiger partial charge in [0.25, 0.3) is 0 Å². The zero-order valence-corrected chi connectivity index (χ0v) is 12.4. The summed E-state index contributed by atoms with van der Waals surface area (Å²) >= 11 is 6.10. The predicted molar refractivity (Wildman–Crippen MR) is 81.3 cm³/mol.